The van der Waals surface area contributed by atoms with Crippen molar-refractivity contribution in [2.75, 3.05) is 6.61 Å². The van der Waals surface area contributed by atoms with Gasteiger partial charge in [-0.3, -0.25) is 0 Å². The van der Waals surface area contributed by atoms with E-state index in [1.807, 2.05) is 0 Å². The Morgan fingerprint density at radius 1 is 1.43 bits per heavy atom. The van der Waals surface area contributed by atoms with Crippen molar-refractivity contribution < 1.29 is 17.9 Å². The quantitative estimate of drug-likeness (QED) is 0.495. The highest BCUT2D eigenvalue weighted by molar-refractivity contribution is 4.43. The first-order valence-electron chi connectivity index (χ1n) is 1.44. The van der Waals surface area contributed by atoms with Crippen LogP contribution in [0.15, 0.2) is 0 Å². The van der Waals surface area contributed by atoms with Crippen LogP contribution in [0.5, 0.6) is 0 Å². The maximum Gasteiger partial charge on any atom is 0.411 e. The molecule has 0 aromatic carbocycles. The van der Waals surface area contributed by atoms with Gasteiger partial charge in [0, 0.05) is 0 Å². The molecular formula is C3H3F3O. The van der Waals surface area contributed by atoms with E-state index in [4.69, 9.17) is 0 Å². The Balaban J connectivity index is 3.15. The fourth-order valence-electron chi connectivity index (χ4n) is 0.0945. The van der Waals surface area contributed by atoms with Crippen molar-refractivity contribution in [2.24, 2.45) is 0 Å². The minimum atomic E-state index is -4.30. The molecule has 0 spiro atoms. The first-order valence-corrected chi connectivity index (χ1v) is 1.44. The van der Waals surface area contributed by atoms with Crippen molar-refractivity contribution in [3.63, 3.8) is 0 Å². The van der Waals surface area contributed by atoms with E-state index in [9.17, 15) is 13.2 Å². The van der Waals surface area contributed by atoms with E-state index in [0.717, 1.165) is 0 Å². The van der Waals surface area contributed by atoms with Crippen molar-refractivity contribution in [1.29, 1.82) is 0 Å². The van der Waals surface area contributed by atoms with Crippen molar-refractivity contribution >= 4 is 0 Å². The summed E-state index contributed by atoms with van der Waals surface area (Å²) in [6.07, 6.45) is -4.30. The topological polar surface area (TPSA) is 9.23 Å². The third kappa shape index (κ3) is 5.75. The molecule has 0 fully saturated rings. The monoisotopic (exact) mass is 112 g/mol. The average molecular weight is 112 g/mol. The molecule has 0 N–H and O–H groups in total. The first kappa shape index (κ1) is 6.75. The molecule has 0 aliphatic rings. The van der Waals surface area contributed by atoms with Gasteiger partial charge in [-0.05, 0) is 0 Å². The molecule has 0 atom stereocenters. The summed E-state index contributed by atoms with van der Waals surface area (Å²) >= 11 is 0. The lowest BCUT2D eigenvalue weighted by Gasteiger charge is -2.00. The second-order valence-electron chi connectivity index (χ2n) is 0.926. The second kappa shape index (κ2) is 2.16. The molecule has 0 heterocycles. The Kier molecular flexibility index (Phi) is 2.08. The van der Waals surface area contributed by atoms with Crippen LogP contribution in [-0.2, 0) is 4.74 Å². The number of hydrogen-bond donors (Lipinski definition) is 0. The molecule has 0 aromatic rings. The van der Waals surface area contributed by atoms with Gasteiger partial charge >= 0.3 is 6.18 Å². The van der Waals surface area contributed by atoms with Gasteiger partial charge in [0.1, 0.15) is 13.7 Å². The Morgan fingerprint density at radius 3 is 1.86 bits per heavy atom. The molecule has 0 aromatic heterocycles. The summed E-state index contributed by atoms with van der Waals surface area (Å²) in [4.78, 5) is 0. The third-order valence-corrected chi connectivity index (χ3v) is 0.247. The van der Waals surface area contributed by atoms with Gasteiger partial charge in [-0.2, -0.15) is 13.2 Å². The second-order valence-corrected chi connectivity index (χ2v) is 0.926. The molecule has 0 bridgehead atoms. The number of ether oxygens (including phenoxy) is 1. The van der Waals surface area contributed by atoms with Crippen molar-refractivity contribution in [2.45, 2.75) is 6.18 Å². The maximum absolute atomic E-state index is 10.9. The lowest BCUT2D eigenvalue weighted by atomic mass is 10.7. The van der Waals surface area contributed by atoms with Crippen LogP contribution in [0.1, 0.15) is 0 Å². The van der Waals surface area contributed by atoms with Crippen LogP contribution in [0.3, 0.4) is 0 Å². The Labute approximate surface area is 39.1 Å². The minimum Gasteiger partial charge on any atom is -0.363 e. The molecule has 0 amide bonds. The van der Waals surface area contributed by atoms with E-state index < -0.39 is 12.8 Å². The van der Waals surface area contributed by atoms with Crippen molar-refractivity contribution in [3.8, 4) is 0 Å². The smallest absolute Gasteiger partial charge is 0.363 e. The minimum absolute atomic E-state index is 1.38. The molecule has 0 saturated carbocycles. The van der Waals surface area contributed by atoms with Crippen LogP contribution in [-0.4, -0.2) is 12.8 Å². The molecule has 0 aliphatic heterocycles. The first-order chi connectivity index (χ1) is 3.06. The third-order valence-electron chi connectivity index (χ3n) is 0.247. The molecule has 0 rings (SSSR count). The van der Waals surface area contributed by atoms with Crippen LogP contribution < -0.4 is 0 Å². The molecule has 4 heteroatoms. The molecule has 1 nitrogen and oxygen atoms in total. The van der Waals surface area contributed by atoms with Gasteiger partial charge in [0.25, 0.3) is 0 Å². The Hall–Kier alpha value is -0.250. The van der Waals surface area contributed by atoms with Crippen LogP contribution in [0.25, 0.3) is 0 Å². The number of halogens is 3. The predicted molar refractivity (Wildman–Crippen MR) is 16.3 cm³/mol. The fraction of sp³-hybridized carbons (Fsp3) is 0.667. The van der Waals surface area contributed by atoms with Gasteiger partial charge in [-0.15, -0.1) is 0 Å². The van der Waals surface area contributed by atoms with Gasteiger partial charge in [-0.25, -0.2) is 0 Å². The summed E-state index contributed by atoms with van der Waals surface area (Å²) in [6.45, 7) is -1.38. The average Bonchev–Trinajstić information content (AvgIpc) is 1.30. The van der Waals surface area contributed by atoms with E-state index in [1.54, 1.807) is 0 Å². The number of hydrogen-bond acceptors (Lipinski definition) is 1. The van der Waals surface area contributed by atoms with Crippen LogP contribution >= 0.6 is 0 Å². The van der Waals surface area contributed by atoms with Gasteiger partial charge in [0.15, 0.2) is 0 Å². The van der Waals surface area contributed by atoms with Crippen LogP contribution in [0, 0.1) is 7.11 Å². The molecule has 0 unspecified atom stereocenters. The molecule has 7 heavy (non-hydrogen) atoms. The largest absolute Gasteiger partial charge is 0.411 e. The van der Waals surface area contributed by atoms with Crippen molar-refractivity contribution in [3.05, 3.63) is 7.11 Å². The SMILES string of the molecule is [CH]OCC(F)(F)F. The molecule has 0 saturated heterocycles. The maximum atomic E-state index is 10.9. The zero-order chi connectivity index (χ0) is 5.91. The highest BCUT2D eigenvalue weighted by Crippen LogP contribution is 2.13. The van der Waals surface area contributed by atoms with Gasteiger partial charge in [-0.1, -0.05) is 0 Å². The Bertz CT molecular complexity index is 48.6. The summed E-state index contributed by atoms with van der Waals surface area (Å²) in [7, 11) is 4.09. The summed E-state index contributed by atoms with van der Waals surface area (Å²) in [5, 5.41) is 0. The lowest BCUT2D eigenvalue weighted by Crippen LogP contribution is -2.14. The lowest BCUT2D eigenvalue weighted by molar-refractivity contribution is -0.162. The zero-order valence-electron chi connectivity index (χ0n) is 3.33. The van der Waals surface area contributed by atoms with Gasteiger partial charge in [0.2, 0.25) is 0 Å². The Morgan fingerprint density at radius 2 is 1.86 bits per heavy atom. The number of rotatable bonds is 1. The van der Waals surface area contributed by atoms with Crippen LogP contribution in [0.2, 0.25) is 0 Å². The predicted octanol–water partition coefficient (Wildman–Crippen LogP) is 1.23. The summed E-state index contributed by atoms with van der Waals surface area (Å²) in [5.74, 6) is 0. The van der Waals surface area contributed by atoms with E-state index in [0.29, 0.717) is 0 Å². The standard InChI is InChI=1S/C3H3F3O/c1-7-2-3(4,5)6/h1H,2H2. The van der Waals surface area contributed by atoms with Gasteiger partial charge in [0.05, 0.1) is 0 Å². The highest BCUT2D eigenvalue weighted by Gasteiger charge is 2.26. The fourth-order valence-corrected chi connectivity index (χ4v) is 0.0945. The van der Waals surface area contributed by atoms with E-state index in [2.05, 4.69) is 11.8 Å². The summed E-state index contributed by atoms with van der Waals surface area (Å²) in [5.41, 5.74) is 0. The molecule has 42 valence electrons. The van der Waals surface area contributed by atoms with Crippen molar-refractivity contribution in [1.82, 2.24) is 0 Å². The number of alkyl halides is 3. The van der Waals surface area contributed by atoms with E-state index >= 15 is 0 Å². The summed E-state index contributed by atoms with van der Waals surface area (Å²) in [6, 6.07) is 0. The highest BCUT2D eigenvalue weighted by atomic mass is 19.4. The summed E-state index contributed by atoms with van der Waals surface area (Å²) < 4.78 is 35.8. The molecule has 2 radical (unpaired) electrons. The molecular weight excluding hydrogens is 109 g/mol. The van der Waals surface area contributed by atoms with E-state index in [-0.39, 0.29) is 0 Å². The van der Waals surface area contributed by atoms with Gasteiger partial charge < -0.3 is 4.74 Å². The zero-order valence-corrected chi connectivity index (χ0v) is 3.33. The normalized spacial score (nSPS) is 12.0. The molecule has 0 aliphatic carbocycles. The van der Waals surface area contributed by atoms with E-state index in [1.165, 1.54) is 0 Å². The van der Waals surface area contributed by atoms with Crippen LogP contribution in [0.4, 0.5) is 13.2 Å².